The largest absolute Gasteiger partial charge is 0.507 e. The fourth-order valence-electron chi connectivity index (χ4n) is 16.7. The molecule has 0 spiro atoms. The van der Waals surface area contributed by atoms with E-state index in [1.54, 1.807) is 7.05 Å². The maximum atomic E-state index is 14.0. The van der Waals surface area contributed by atoms with Gasteiger partial charge in [-0.2, -0.15) is 0 Å². The van der Waals surface area contributed by atoms with Gasteiger partial charge in [0.15, 0.2) is 35.7 Å². The molecular weight excluding hydrogens is 1910 g/mol. The molecule has 5 amide bonds. The molecule has 4 aromatic carbocycles. The third kappa shape index (κ3) is 32.1. The van der Waals surface area contributed by atoms with Crippen LogP contribution in [-0.2, 0) is 141 Å². The van der Waals surface area contributed by atoms with E-state index in [1.165, 1.54) is 71.5 Å². The van der Waals surface area contributed by atoms with Crippen LogP contribution in [0.1, 0.15) is 176 Å². The molecule has 4 aliphatic carbocycles. The van der Waals surface area contributed by atoms with Gasteiger partial charge in [-0.3, -0.25) is 52.7 Å². The van der Waals surface area contributed by atoms with Crippen molar-refractivity contribution in [1.82, 2.24) is 21.0 Å². The summed E-state index contributed by atoms with van der Waals surface area (Å²) in [7, 11) is 5.68. The highest BCUT2D eigenvalue weighted by Crippen LogP contribution is 2.55. The Kier molecular flexibility index (Phi) is 48.5. The van der Waals surface area contributed by atoms with Gasteiger partial charge >= 0.3 is 5.97 Å². The minimum absolute atomic E-state index is 0.0279. The summed E-state index contributed by atoms with van der Waals surface area (Å²) >= 11 is 0. The van der Waals surface area contributed by atoms with Gasteiger partial charge in [0.25, 0.3) is 11.8 Å². The molecule has 0 saturated carbocycles. The number of phenols is 4. The van der Waals surface area contributed by atoms with E-state index >= 15 is 0 Å². The van der Waals surface area contributed by atoms with Crippen molar-refractivity contribution >= 4 is 70.2 Å². The maximum Gasteiger partial charge on any atom is 0.335 e. The number of hydrogen-bond donors (Lipinski definition) is 14. The number of nitrogens with one attached hydrogen (secondary N) is 3. The first-order valence-electron chi connectivity index (χ1n) is 47.3. The minimum Gasteiger partial charge on any atom is -0.507 e. The van der Waals surface area contributed by atoms with Gasteiger partial charge in [0.05, 0.1) is 276 Å². The van der Waals surface area contributed by atoms with Gasteiger partial charge in [0, 0.05) is 111 Å². The number of ketones is 6. The topological polar surface area (TPSA) is 666 Å². The van der Waals surface area contributed by atoms with Crippen LogP contribution in [-0.4, -0.2) is 413 Å². The van der Waals surface area contributed by atoms with Crippen molar-refractivity contribution in [1.29, 1.82) is 0 Å². The van der Waals surface area contributed by atoms with Crippen LogP contribution in [0.5, 0.6) is 34.5 Å². The Labute approximate surface area is 829 Å². The molecule has 0 bridgehead atoms. The maximum absolute atomic E-state index is 14.0. The smallest absolute Gasteiger partial charge is 0.335 e. The predicted molar refractivity (Wildman–Crippen MR) is 493 cm³/mol. The molecule has 15 N–H and O–H groups in total. The normalized spacial score (nSPS) is 21.9. The van der Waals surface area contributed by atoms with Gasteiger partial charge in [-0.15, -0.1) is 5.06 Å². The molecule has 3 heterocycles. The van der Waals surface area contributed by atoms with E-state index in [4.69, 9.17) is 99.6 Å². The molecule has 0 radical (unpaired) electrons. The Bertz CT molecular complexity index is 4950. The summed E-state index contributed by atoms with van der Waals surface area (Å²) < 4.78 is 111. The Morgan fingerprint density at radius 1 is 0.410 bits per heavy atom. The summed E-state index contributed by atoms with van der Waals surface area (Å²) in [6.45, 7) is 9.39. The van der Waals surface area contributed by atoms with Crippen LogP contribution in [0.25, 0.3) is 0 Å². The van der Waals surface area contributed by atoms with Gasteiger partial charge in [0.1, 0.15) is 71.1 Å². The number of nitrogens with zero attached hydrogens (tertiary/aromatic N) is 1. The average Bonchev–Trinajstić information content (AvgIpc) is 0.757. The average molecular weight is 2050 g/mol. The predicted octanol–water partition coefficient (Wildman–Crippen LogP) is -0.962. The molecule has 3 saturated heterocycles. The number of hydroxylamine groups is 2. The van der Waals surface area contributed by atoms with E-state index in [1.807, 2.05) is 0 Å². The van der Waals surface area contributed by atoms with Crippen LogP contribution < -0.4 is 31.2 Å². The van der Waals surface area contributed by atoms with Crippen LogP contribution in [0.15, 0.2) is 36.4 Å². The van der Waals surface area contributed by atoms with Crippen molar-refractivity contribution in [2.24, 2.45) is 5.73 Å². The highest BCUT2D eigenvalue weighted by atomic mass is 16.7. The molecule has 0 aromatic heterocycles. The number of benzene rings is 4. The first-order valence-corrected chi connectivity index (χ1v) is 47.3. The number of ether oxygens (including phenoxy) is 20. The first kappa shape index (κ1) is 117. The van der Waals surface area contributed by atoms with Crippen molar-refractivity contribution in [2.75, 3.05) is 227 Å². The third-order valence-corrected chi connectivity index (χ3v) is 24.0. The SMILES string of the molecule is CN.CNC(=O)CCOCCOCCOCCOCCOCCOCCOCCC(=O)NC1CC(O[C@H]2C[C@](O)(C(=O)CO)Cc3c(O)c4c(c(O)c32)C(=O)c2c(OC)cccc2C4=O)OC(C)C1O.COc1cccc2c1C(=O)c1c(O)c3c(c(O)c1C2=O)C[C@@](O)(C(=O)CO)C[C@@H]3OC1CC(NC(=O)CCOCCOCCOCCOCCOCCOCCOCCC(=O)ON2C(=O)CCC2=O)C(O)C(C)O1. The fraction of sp³-hybridized carbons (Fsp3) is 0.625. The Hall–Kier alpha value is -10.3. The van der Waals surface area contributed by atoms with Crippen LogP contribution in [0.4, 0.5) is 0 Å². The highest BCUT2D eigenvalue weighted by Gasteiger charge is 2.54. The lowest BCUT2D eigenvalue weighted by Crippen LogP contribution is -2.56. The van der Waals surface area contributed by atoms with E-state index in [2.05, 4.69) is 21.7 Å². The number of nitrogens with two attached hydrogens (primary N) is 1. The van der Waals surface area contributed by atoms with Crippen molar-refractivity contribution in [3.8, 4) is 34.5 Å². The van der Waals surface area contributed by atoms with E-state index < -0.39 is 221 Å². The number of phenolic OH excluding ortho intramolecular Hbond substituents is 4. The summed E-state index contributed by atoms with van der Waals surface area (Å²) in [5.41, 5.74) is -3.70. The van der Waals surface area contributed by atoms with Crippen molar-refractivity contribution < 1.29 is 208 Å². The van der Waals surface area contributed by atoms with Crippen molar-refractivity contribution in [3.63, 3.8) is 0 Å². The monoisotopic (exact) mass is 2040 g/mol. The summed E-state index contributed by atoms with van der Waals surface area (Å²) in [6, 6.07) is 6.76. The number of aliphatic hydroxyl groups is 6. The quantitative estimate of drug-likeness (QED) is 0.0124. The summed E-state index contributed by atoms with van der Waals surface area (Å²) in [4.78, 5) is 158. The molecule has 3 aliphatic heterocycles. The van der Waals surface area contributed by atoms with Crippen LogP contribution >= 0.6 is 0 Å². The molecule has 800 valence electrons. The number of amides is 5. The number of carbonyl (C=O) groups is 12. The molecule has 144 heavy (non-hydrogen) atoms. The lowest BCUT2D eigenvalue weighted by atomic mass is 9.72. The number of imide groups is 1. The van der Waals surface area contributed by atoms with Crippen molar-refractivity contribution in [3.05, 3.63) is 103 Å². The van der Waals surface area contributed by atoms with Gasteiger partial charge < -0.3 is 172 Å². The highest BCUT2D eigenvalue weighted by molar-refractivity contribution is 6.32. The fourth-order valence-corrected chi connectivity index (χ4v) is 16.7. The van der Waals surface area contributed by atoms with Gasteiger partial charge in [-0.05, 0) is 33.0 Å². The van der Waals surface area contributed by atoms with Crippen LogP contribution in [0.3, 0.4) is 0 Å². The Balaban J connectivity index is 0.000000317. The first-order chi connectivity index (χ1) is 69.3. The van der Waals surface area contributed by atoms with Gasteiger partial charge in [0.2, 0.25) is 29.3 Å². The van der Waals surface area contributed by atoms with Crippen LogP contribution in [0.2, 0.25) is 0 Å². The van der Waals surface area contributed by atoms with E-state index in [0.29, 0.717) is 137 Å². The number of methoxy groups -OCH3 is 2. The Morgan fingerprint density at radius 2 is 0.694 bits per heavy atom. The lowest BCUT2D eigenvalue weighted by Gasteiger charge is -2.43. The zero-order chi connectivity index (χ0) is 105. The third-order valence-electron chi connectivity index (χ3n) is 24.0. The number of fused-ring (bicyclic) bond motifs is 6. The standard InChI is InChI=1S/C49H64N2O23.C46H64N2O20.CH5N/c1-28-44(58)31(50-35(54)8-10-65-12-14-67-16-18-69-20-22-71-23-21-70-19-17-68-15-13-66-11-9-38(57)74-51-36(55)6-7-37(51)56)24-39(72-28)73-33-26-49(63,34(53)27-52)25-30-41(33)48(62)43-42(46(30)60)45(59)29-4-3-5-32(64-2)40(29)47(43)61;1-27-41(53)30(48-35(52)8-10-61-12-14-63-16-18-65-20-22-66-21-19-64-17-15-62-13-11-60-9-7-34(51)47-2)23-36(67-27)68-32-25-46(58,33(50)26-49)24-29-38(32)45(57)40-39(43(29)55)42(54)28-5-4-6-31(59-3)37(28)44(40)56;1-2/h3-5,28,31,33,39,44,52,58,60,62-63H,6-27H2,1-2H3,(H,50,54);4-6,27,30,32,36,41,49,53,55,57-58H,7-26H2,1-3H3,(H,47,51)(H,48,52);2H2,1H3/t28?,31?,33-,39?,44?,49-;27?,30?,32-,36?,41?,46-;/m00./s1. The molecule has 4 aromatic rings. The number of rotatable bonds is 61. The summed E-state index contributed by atoms with van der Waals surface area (Å²) in [5.74, 6) is -11.0. The van der Waals surface area contributed by atoms with E-state index in [9.17, 15) is 109 Å². The molecule has 7 aliphatic rings. The van der Waals surface area contributed by atoms with Gasteiger partial charge in [-0.25, -0.2) is 4.79 Å². The number of aromatic hydroxyl groups is 4. The molecule has 8 unspecified atom stereocenters. The van der Waals surface area contributed by atoms with E-state index in [-0.39, 0.29) is 166 Å². The molecule has 48 heteroatoms. The van der Waals surface area contributed by atoms with Crippen LogP contribution in [0, 0.1) is 0 Å². The van der Waals surface area contributed by atoms with E-state index in [0.717, 1.165) is 0 Å². The van der Waals surface area contributed by atoms with Crippen molar-refractivity contribution in [2.45, 2.75) is 163 Å². The lowest BCUT2D eigenvalue weighted by molar-refractivity contribution is -0.249. The van der Waals surface area contributed by atoms with Gasteiger partial charge in [-0.1, -0.05) is 24.3 Å². The molecule has 48 nitrogen and oxygen atoms in total. The summed E-state index contributed by atoms with van der Waals surface area (Å²) in [5, 5.41) is 120. The molecule has 12 atom stereocenters. The minimum atomic E-state index is -2.36. The number of Topliss-reactive ketones (excluding diaryl/α,β-unsaturated/α-hetero) is 2. The summed E-state index contributed by atoms with van der Waals surface area (Å²) in [6.07, 6.45) is -12.3. The zero-order valence-electron chi connectivity index (χ0n) is 81.4. The second-order valence-electron chi connectivity index (χ2n) is 33.6. The number of aliphatic hydroxyl groups excluding tert-OH is 4. The molecular formula is C96H133N5O43. The molecule has 11 rings (SSSR count). The Morgan fingerprint density at radius 3 is 0.986 bits per heavy atom. The zero-order valence-corrected chi connectivity index (χ0v) is 81.4. The number of hydrogen-bond acceptors (Lipinski definition) is 44. The molecule has 3 fully saturated rings. The second-order valence-corrected chi connectivity index (χ2v) is 33.6. The second kappa shape index (κ2) is 59.5. The number of carbonyl (C=O) groups excluding carboxylic acids is 12.